The van der Waals surface area contributed by atoms with Crippen LogP contribution in [0.4, 0.5) is 0 Å². The van der Waals surface area contributed by atoms with Gasteiger partial charge < -0.3 is 70.1 Å². The van der Waals surface area contributed by atoms with Gasteiger partial charge in [0.15, 0.2) is 16.3 Å². The third-order valence-electron chi connectivity index (χ3n) is 7.79. The Morgan fingerprint density at radius 3 is 1.05 bits per heavy atom. The molecule has 3 rings (SSSR count). The second kappa shape index (κ2) is 25.6. The Hall–Kier alpha value is -4.39. The van der Waals surface area contributed by atoms with Crippen molar-refractivity contribution in [2.75, 3.05) is 80.4 Å². The van der Waals surface area contributed by atoms with E-state index in [1.807, 2.05) is 0 Å². The second-order valence-electron chi connectivity index (χ2n) is 11.2. The minimum absolute atomic E-state index is 0. The van der Waals surface area contributed by atoms with E-state index in [1.165, 1.54) is 53.6 Å². The van der Waals surface area contributed by atoms with Crippen LogP contribution >= 0.6 is 0 Å². The maximum Gasteiger partial charge on any atom is 3.00 e. The third-order valence-corrected chi connectivity index (χ3v) is 7.79. The first kappa shape index (κ1) is 50.6. The number of nitrogens with zero attached hydrogens (tertiary/aromatic N) is 4. The van der Waals surface area contributed by atoms with Gasteiger partial charge in [-0.3, -0.25) is 33.7 Å². The van der Waals surface area contributed by atoms with Gasteiger partial charge in [-0.15, -0.1) is 0 Å². The molecule has 3 aromatic heterocycles. The number of carbonyl (C=O) groups is 3. The van der Waals surface area contributed by atoms with Crippen LogP contribution in [0, 0.1) is 35.6 Å². The summed E-state index contributed by atoms with van der Waals surface area (Å²) >= 11 is 0. The molecule has 0 aliphatic rings. The standard InChI is InChI=1S/C33H45N7O12.La.2H2O/c1-50-19-16-38-10-4-22(41)28(44)25(38)31(47)34-7-13-37(14-8-35-32(48)26-29(45)23(42)5-11-39(26)17-20-51-2)15-9-36-33(49)27-30(46)24(43)6-12-40(27)18-21-52-3;;;/h4-6,10-12,44-46H,7-9,13-21H2,1-3H3,(H,34,47)(H,35,48)(H,36,49);;2*1H2/q;+3;;/p-3. The molecule has 0 saturated carbocycles. The molecule has 0 unspecified atom stereocenters. The molecular formula is C33H46LaN7O14. The van der Waals surface area contributed by atoms with E-state index >= 15 is 0 Å². The Morgan fingerprint density at radius 1 is 0.564 bits per heavy atom. The fraction of sp³-hybridized carbons (Fsp3) is 0.455. The molecule has 0 aliphatic heterocycles. The van der Waals surface area contributed by atoms with Gasteiger partial charge in [0.1, 0.15) is 17.1 Å². The van der Waals surface area contributed by atoms with E-state index in [-0.39, 0.29) is 142 Å². The monoisotopic (exact) mass is 903 g/mol. The van der Waals surface area contributed by atoms with E-state index in [0.29, 0.717) is 0 Å². The van der Waals surface area contributed by atoms with Gasteiger partial charge >= 0.3 is 35.6 Å². The molecule has 0 spiro atoms. The molecule has 0 saturated heterocycles. The zero-order valence-corrected chi connectivity index (χ0v) is 34.3. The summed E-state index contributed by atoms with van der Waals surface area (Å²) in [6.45, 7) is 1.10. The van der Waals surface area contributed by atoms with Crippen molar-refractivity contribution in [1.82, 2.24) is 34.6 Å². The SMILES string of the molecule is COCCn1ccc(=O)c([O-])c1C(=O)NCCN(CCNC(=O)c1c([O-])c(=O)ccn1CCOC)CCNC(=O)c1c([O-])c(=O)ccn1CCOC.O.O.[La+3]. The average molecular weight is 904 g/mol. The van der Waals surface area contributed by atoms with Gasteiger partial charge in [-0.2, -0.15) is 0 Å². The minimum atomic E-state index is -0.983. The summed E-state index contributed by atoms with van der Waals surface area (Å²) in [5.41, 5.74) is -3.68. The van der Waals surface area contributed by atoms with Crippen molar-refractivity contribution in [3.8, 4) is 17.2 Å². The summed E-state index contributed by atoms with van der Waals surface area (Å²) in [5, 5.41) is 45.5. The van der Waals surface area contributed by atoms with E-state index < -0.39 is 51.3 Å². The summed E-state index contributed by atoms with van der Waals surface area (Å²) in [7, 11) is 4.33. The van der Waals surface area contributed by atoms with Crippen molar-refractivity contribution in [2.24, 2.45) is 0 Å². The zero-order chi connectivity index (χ0) is 38.2. The van der Waals surface area contributed by atoms with Gasteiger partial charge in [0.25, 0.3) is 17.7 Å². The van der Waals surface area contributed by atoms with Crippen molar-refractivity contribution >= 4 is 17.7 Å². The van der Waals surface area contributed by atoms with Crippen LogP contribution in [0.5, 0.6) is 17.2 Å². The number of hydrogen-bond acceptors (Lipinski definition) is 13. The van der Waals surface area contributed by atoms with Crippen LogP contribution in [-0.2, 0) is 33.8 Å². The summed E-state index contributed by atoms with van der Waals surface area (Å²) in [6, 6.07) is 3.18. The van der Waals surface area contributed by atoms with Crippen LogP contribution in [0.1, 0.15) is 31.5 Å². The van der Waals surface area contributed by atoms with Crippen molar-refractivity contribution < 1.29 is 90.5 Å². The first-order chi connectivity index (χ1) is 24.9. The van der Waals surface area contributed by atoms with Gasteiger partial charge in [0.2, 0.25) is 0 Å². The maximum atomic E-state index is 13.1. The molecule has 0 bridgehead atoms. The number of methoxy groups -OCH3 is 3. The fourth-order valence-electron chi connectivity index (χ4n) is 5.06. The first-order valence-corrected chi connectivity index (χ1v) is 16.2. The Kier molecular flexibility index (Phi) is 23.6. The van der Waals surface area contributed by atoms with E-state index in [9.17, 15) is 44.1 Å². The van der Waals surface area contributed by atoms with Gasteiger partial charge in [0.05, 0.1) is 19.8 Å². The predicted molar refractivity (Wildman–Crippen MR) is 187 cm³/mol. The normalized spacial score (nSPS) is 10.5. The van der Waals surface area contributed by atoms with E-state index in [4.69, 9.17) is 14.2 Å². The number of pyridine rings is 3. The van der Waals surface area contributed by atoms with Gasteiger partial charge in [-0.1, -0.05) is 0 Å². The number of nitrogens with one attached hydrogen (secondary N) is 3. The fourth-order valence-corrected chi connectivity index (χ4v) is 5.06. The smallest absolute Gasteiger partial charge is 0.868 e. The van der Waals surface area contributed by atoms with Crippen molar-refractivity contribution in [3.05, 3.63) is 84.5 Å². The summed E-state index contributed by atoms with van der Waals surface area (Å²) in [4.78, 5) is 77.0. The van der Waals surface area contributed by atoms with E-state index in [0.717, 1.165) is 18.2 Å². The summed E-state index contributed by atoms with van der Waals surface area (Å²) < 4.78 is 19.0. The number of aromatic nitrogens is 3. The number of carbonyl (C=O) groups excluding carboxylic acids is 3. The van der Waals surface area contributed by atoms with Crippen LogP contribution in [0.15, 0.2) is 51.2 Å². The molecule has 0 radical (unpaired) electrons. The topological polar surface area (TPSA) is 316 Å². The third kappa shape index (κ3) is 14.3. The molecule has 3 heterocycles. The Balaban J connectivity index is 0.00000972. The van der Waals surface area contributed by atoms with Gasteiger partial charge in [-0.05, 0) is 17.2 Å². The minimum Gasteiger partial charge on any atom is -0.868 e. The van der Waals surface area contributed by atoms with Crippen LogP contribution in [0.2, 0.25) is 0 Å². The Morgan fingerprint density at radius 2 is 0.818 bits per heavy atom. The Bertz CT molecular complexity index is 1670. The molecule has 21 nitrogen and oxygen atoms in total. The molecule has 0 atom stereocenters. The largest absolute Gasteiger partial charge is 3.00 e. The van der Waals surface area contributed by atoms with Crippen LogP contribution in [0.25, 0.3) is 0 Å². The van der Waals surface area contributed by atoms with Crippen LogP contribution < -0.4 is 47.6 Å². The molecule has 3 amide bonds. The maximum absolute atomic E-state index is 13.1. The Labute approximate surface area is 343 Å². The van der Waals surface area contributed by atoms with E-state index in [1.54, 1.807) is 4.90 Å². The summed E-state index contributed by atoms with van der Waals surface area (Å²) in [5.74, 6) is -5.36. The zero-order valence-electron chi connectivity index (χ0n) is 30.7. The van der Waals surface area contributed by atoms with Gasteiger partial charge in [-0.25, -0.2) is 0 Å². The number of hydrogen-bond donors (Lipinski definition) is 3. The average Bonchev–Trinajstić information content (AvgIpc) is 3.12. The van der Waals surface area contributed by atoms with Crippen molar-refractivity contribution in [2.45, 2.75) is 19.6 Å². The molecule has 0 aromatic carbocycles. The number of amides is 3. The molecule has 0 aliphatic carbocycles. The molecule has 7 N–H and O–H groups in total. The van der Waals surface area contributed by atoms with Gasteiger partial charge in [0, 0.05) is 117 Å². The number of rotatable bonds is 21. The molecule has 3 aromatic rings. The molecule has 55 heavy (non-hydrogen) atoms. The first-order valence-electron chi connectivity index (χ1n) is 16.2. The second-order valence-corrected chi connectivity index (χ2v) is 11.2. The van der Waals surface area contributed by atoms with E-state index in [2.05, 4.69) is 16.0 Å². The summed E-state index contributed by atoms with van der Waals surface area (Å²) in [6.07, 6.45) is 3.96. The van der Waals surface area contributed by atoms with Crippen molar-refractivity contribution in [3.63, 3.8) is 0 Å². The van der Waals surface area contributed by atoms with Crippen LogP contribution in [0.3, 0.4) is 0 Å². The van der Waals surface area contributed by atoms with Crippen molar-refractivity contribution in [1.29, 1.82) is 0 Å². The predicted octanol–water partition coefficient (Wildman–Crippen LogP) is -5.43. The quantitative estimate of drug-likeness (QED) is 0.0900. The number of ether oxygens (including phenoxy) is 3. The van der Waals surface area contributed by atoms with Crippen LogP contribution in [-0.4, -0.2) is 128 Å². The molecule has 0 fully saturated rings. The molecular weight excluding hydrogens is 857 g/mol. The molecule has 22 heteroatoms. The molecule has 300 valence electrons.